The Hall–Kier alpha value is -2.20. The van der Waals surface area contributed by atoms with Gasteiger partial charge >= 0.3 is 0 Å². The third-order valence-electron chi connectivity index (χ3n) is 3.01. The van der Waals surface area contributed by atoms with E-state index in [1.54, 1.807) is 24.2 Å². The van der Waals surface area contributed by atoms with Gasteiger partial charge in [0.1, 0.15) is 5.69 Å². The molecule has 0 saturated carbocycles. The van der Waals surface area contributed by atoms with Crippen LogP contribution >= 0.6 is 0 Å². The van der Waals surface area contributed by atoms with Crippen LogP contribution in [0.5, 0.6) is 0 Å². The minimum absolute atomic E-state index is 0.132. The Morgan fingerprint density at radius 2 is 1.89 bits per heavy atom. The zero-order chi connectivity index (χ0) is 13.8. The summed E-state index contributed by atoms with van der Waals surface area (Å²) in [6.07, 6.45) is 1.64. The number of hydrogen-bond acceptors (Lipinski definition) is 3. The van der Waals surface area contributed by atoms with Crippen LogP contribution in [0.2, 0.25) is 0 Å². The minimum Gasteiger partial charge on any atom is -0.326 e. The number of rotatable bonds is 3. The van der Waals surface area contributed by atoms with Gasteiger partial charge in [0.25, 0.3) is 5.91 Å². The molecule has 0 atom stereocenters. The minimum atomic E-state index is -0.132. The molecule has 0 spiro atoms. The summed E-state index contributed by atoms with van der Waals surface area (Å²) in [5.41, 5.74) is 8.84. The Morgan fingerprint density at radius 1 is 1.21 bits per heavy atom. The first-order valence-corrected chi connectivity index (χ1v) is 6.11. The first kappa shape index (κ1) is 13.2. The maximum absolute atomic E-state index is 12.3. The predicted molar refractivity (Wildman–Crippen MR) is 76.0 cm³/mol. The van der Waals surface area contributed by atoms with Crippen molar-refractivity contribution >= 4 is 11.6 Å². The van der Waals surface area contributed by atoms with E-state index in [0.29, 0.717) is 12.2 Å². The molecule has 0 aliphatic carbocycles. The van der Waals surface area contributed by atoms with Crippen molar-refractivity contribution in [1.29, 1.82) is 0 Å². The lowest BCUT2D eigenvalue weighted by molar-refractivity contribution is 0.0988. The van der Waals surface area contributed by atoms with E-state index < -0.39 is 0 Å². The molecule has 19 heavy (non-hydrogen) atoms. The summed E-state index contributed by atoms with van der Waals surface area (Å²) in [7, 11) is 1.74. The number of carbonyl (C=O) groups is 1. The second-order valence-corrected chi connectivity index (χ2v) is 4.46. The van der Waals surface area contributed by atoms with E-state index in [0.717, 1.165) is 16.8 Å². The number of nitrogens with two attached hydrogens (primary N) is 1. The summed E-state index contributed by atoms with van der Waals surface area (Å²) in [5, 5.41) is 0. The molecule has 4 heteroatoms. The number of nitrogens with zero attached hydrogens (tertiary/aromatic N) is 2. The molecule has 4 nitrogen and oxygen atoms in total. The van der Waals surface area contributed by atoms with Crippen molar-refractivity contribution in [3.05, 3.63) is 59.4 Å². The van der Waals surface area contributed by atoms with Gasteiger partial charge in [-0.1, -0.05) is 23.8 Å². The molecule has 0 unspecified atom stereocenters. The molecule has 0 aliphatic rings. The number of benzene rings is 1. The third kappa shape index (κ3) is 2.98. The average Bonchev–Trinajstić information content (AvgIpc) is 2.46. The van der Waals surface area contributed by atoms with E-state index in [9.17, 15) is 4.79 Å². The molecule has 2 aromatic rings. The molecule has 0 radical (unpaired) electrons. The van der Waals surface area contributed by atoms with Crippen molar-refractivity contribution < 1.29 is 4.79 Å². The van der Waals surface area contributed by atoms with Crippen molar-refractivity contribution in [2.75, 3.05) is 11.9 Å². The molecule has 98 valence electrons. The zero-order valence-electron chi connectivity index (χ0n) is 11.1. The number of aryl methyl sites for hydroxylation is 1. The Kier molecular flexibility index (Phi) is 3.92. The third-order valence-corrected chi connectivity index (χ3v) is 3.01. The maximum Gasteiger partial charge on any atom is 0.276 e. The van der Waals surface area contributed by atoms with Gasteiger partial charge in [-0.25, -0.2) is 0 Å². The second kappa shape index (κ2) is 5.63. The predicted octanol–water partition coefficient (Wildman–Crippen LogP) is 2.13. The van der Waals surface area contributed by atoms with Gasteiger partial charge in [-0.15, -0.1) is 0 Å². The Morgan fingerprint density at radius 3 is 2.42 bits per heavy atom. The summed E-state index contributed by atoms with van der Waals surface area (Å²) >= 11 is 0. The average molecular weight is 255 g/mol. The maximum atomic E-state index is 12.3. The van der Waals surface area contributed by atoms with Gasteiger partial charge in [-0.3, -0.25) is 9.78 Å². The molecule has 0 aliphatic heterocycles. The highest BCUT2D eigenvalue weighted by atomic mass is 16.2. The van der Waals surface area contributed by atoms with Crippen molar-refractivity contribution in [3.8, 4) is 0 Å². The van der Waals surface area contributed by atoms with Gasteiger partial charge < -0.3 is 10.6 Å². The van der Waals surface area contributed by atoms with Crippen LogP contribution < -0.4 is 10.6 Å². The van der Waals surface area contributed by atoms with Crippen molar-refractivity contribution in [3.63, 3.8) is 0 Å². The number of amides is 1. The fraction of sp³-hybridized carbons (Fsp3) is 0.200. The molecule has 1 aromatic carbocycles. The molecule has 0 bridgehead atoms. The van der Waals surface area contributed by atoms with Crippen LogP contribution in [-0.4, -0.2) is 17.9 Å². The SMILES string of the molecule is Cc1ccc(N(C)C(=O)c2ccc(CN)cn2)cc1. The van der Waals surface area contributed by atoms with Crippen LogP contribution in [0.1, 0.15) is 21.6 Å². The standard InChI is InChI=1S/C15H17N3O/c1-11-3-6-13(7-4-11)18(2)15(19)14-8-5-12(9-16)10-17-14/h3-8,10H,9,16H2,1-2H3. The second-order valence-electron chi connectivity index (χ2n) is 4.46. The fourth-order valence-electron chi connectivity index (χ4n) is 1.73. The summed E-state index contributed by atoms with van der Waals surface area (Å²) < 4.78 is 0. The smallest absolute Gasteiger partial charge is 0.276 e. The highest BCUT2D eigenvalue weighted by Crippen LogP contribution is 2.15. The molecule has 1 aromatic heterocycles. The van der Waals surface area contributed by atoms with E-state index in [1.165, 1.54) is 0 Å². The van der Waals surface area contributed by atoms with Gasteiger partial charge in [0.05, 0.1) is 0 Å². The van der Waals surface area contributed by atoms with Crippen molar-refractivity contribution in [2.45, 2.75) is 13.5 Å². The van der Waals surface area contributed by atoms with Crippen LogP contribution in [-0.2, 0) is 6.54 Å². The van der Waals surface area contributed by atoms with Crippen LogP contribution in [0.4, 0.5) is 5.69 Å². The summed E-state index contributed by atoms with van der Waals surface area (Å²) in [5.74, 6) is -0.132. The highest BCUT2D eigenvalue weighted by Gasteiger charge is 2.14. The Labute approximate surface area is 112 Å². The molecule has 1 heterocycles. The largest absolute Gasteiger partial charge is 0.326 e. The summed E-state index contributed by atoms with van der Waals surface area (Å²) in [6.45, 7) is 2.44. The first-order chi connectivity index (χ1) is 9.11. The highest BCUT2D eigenvalue weighted by molar-refractivity contribution is 6.04. The van der Waals surface area contributed by atoms with Crippen molar-refractivity contribution in [1.82, 2.24) is 4.98 Å². The zero-order valence-corrected chi connectivity index (χ0v) is 11.1. The van der Waals surface area contributed by atoms with Crippen molar-refractivity contribution in [2.24, 2.45) is 5.73 Å². The van der Waals surface area contributed by atoms with Crippen LogP contribution in [0.3, 0.4) is 0 Å². The quantitative estimate of drug-likeness (QED) is 0.914. The van der Waals surface area contributed by atoms with E-state index in [-0.39, 0.29) is 5.91 Å². The summed E-state index contributed by atoms with van der Waals surface area (Å²) in [6, 6.07) is 11.3. The number of aromatic nitrogens is 1. The normalized spacial score (nSPS) is 10.3. The molecule has 0 fully saturated rings. The van der Waals surface area contributed by atoms with Crippen LogP contribution in [0.25, 0.3) is 0 Å². The number of hydrogen-bond donors (Lipinski definition) is 1. The molecule has 1 amide bonds. The van der Waals surface area contributed by atoms with Gasteiger partial charge in [0, 0.05) is 25.5 Å². The molecular formula is C15H17N3O. The fourth-order valence-corrected chi connectivity index (χ4v) is 1.73. The Bertz CT molecular complexity index is 561. The van der Waals surface area contributed by atoms with Crippen LogP contribution in [0.15, 0.2) is 42.6 Å². The number of anilines is 1. The lowest BCUT2D eigenvalue weighted by Gasteiger charge is -2.17. The topological polar surface area (TPSA) is 59.2 Å². The monoisotopic (exact) mass is 255 g/mol. The summed E-state index contributed by atoms with van der Waals surface area (Å²) in [4.78, 5) is 18.0. The molecule has 0 saturated heterocycles. The van der Waals surface area contributed by atoms with Gasteiger partial charge in [0.15, 0.2) is 0 Å². The molecule has 2 rings (SSSR count). The van der Waals surface area contributed by atoms with E-state index in [1.807, 2.05) is 37.3 Å². The van der Waals surface area contributed by atoms with E-state index in [2.05, 4.69) is 4.98 Å². The molecular weight excluding hydrogens is 238 g/mol. The van der Waals surface area contributed by atoms with E-state index >= 15 is 0 Å². The number of carbonyl (C=O) groups excluding carboxylic acids is 1. The van der Waals surface area contributed by atoms with Gasteiger partial charge in [-0.05, 0) is 30.7 Å². The first-order valence-electron chi connectivity index (χ1n) is 6.11. The van der Waals surface area contributed by atoms with Gasteiger partial charge in [-0.2, -0.15) is 0 Å². The lowest BCUT2D eigenvalue weighted by Crippen LogP contribution is -2.27. The lowest BCUT2D eigenvalue weighted by atomic mass is 10.2. The van der Waals surface area contributed by atoms with E-state index in [4.69, 9.17) is 5.73 Å². The molecule has 2 N–H and O–H groups in total. The van der Waals surface area contributed by atoms with Gasteiger partial charge in [0.2, 0.25) is 0 Å². The Balaban J connectivity index is 2.20. The van der Waals surface area contributed by atoms with Crippen LogP contribution in [0, 0.1) is 6.92 Å². The number of pyridine rings is 1.